The Labute approximate surface area is 186 Å². The van der Waals surface area contributed by atoms with Gasteiger partial charge in [-0.1, -0.05) is 0 Å². The zero-order chi connectivity index (χ0) is 21.8. The molecule has 9 heteroatoms. The Morgan fingerprint density at radius 2 is 2.10 bits per heavy atom. The average Bonchev–Trinajstić information content (AvgIpc) is 3.46. The third kappa shape index (κ3) is 5.40. The summed E-state index contributed by atoms with van der Waals surface area (Å²) >= 11 is 1.75. The first-order valence-corrected chi connectivity index (χ1v) is 11.8. The monoisotopic (exact) mass is 444 g/mol. The molecule has 3 heterocycles. The van der Waals surface area contributed by atoms with Crippen LogP contribution in [0.2, 0.25) is 0 Å². The largest absolute Gasteiger partial charge is 0.491 e. The second kappa shape index (κ2) is 9.74. The Hall–Kier alpha value is -2.52. The van der Waals surface area contributed by atoms with Crippen LogP contribution in [0.5, 0.6) is 5.75 Å². The summed E-state index contributed by atoms with van der Waals surface area (Å²) in [6.07, 6.45) is 2.16. The van der Waals surface area contributed by atoms with Crippen LogP contribution in [0.15, 0.2) is 24.3 Å². The molecule has 4 rings (SSSR count). The number of amides is 2. The quantitative estimate of drug-likeness (QED) is 0.650. The highest BCUT2D eigenvalue weighted by molar-refractivity contribution is 7.98. The highest BCUT2D eigenvalue weighted by Gasteiger charge is 2.25. The molecule has 0 spiro atoms. The molecule has 1 saturated heterocycles. The van der Waals surface area contributed by atoms with Crippen LogP contribution in [0.1, 0.15) is 48.3 Å². The number of thioether (sulfide) groups is 1. The second-order valence-corrected chi connectivity index (χ2v) is 8.99. The van der Waals surface area contributed by atoms with Crippen molar-refractivity contribution in [3.05, 3.63) is 41.1 Å². The normalized spacial score (nSPS) is 17.6. The summed E-state index contributed by atoms with van der Waals surface area (Å²) in [6.45, 7) is 5.22. The minimum absolute atomic E-state index is 0.0567. The number of nitrogens with zero attached hydrogens (tertiary/aromatic N) is 2. The van der Waals surface area contributed by atoms with Gasteiger partial charge >= 0.3 is 0 Å². The minimum Gasteiger partial charge on any atom is -0.491 e. The van der Waals surface area contributed by atoms with Gasteiger partial charge in [-0.2, -0.15) is 16.9 Å². The first-order valence-electron chi connectivity index (χ1n) is 10.6. The summed E-state index contributed by atoms with van der Waals surface area (Å²) < 4.78 is 12.8. The molecular formula is C22H28N4O4S. The molecule has 0 bridgehead atoms. The van der Waals surface area contributed by atoms with Crippen LogP contribution < -0.4 is 15.4 Å². The SMILES string of the molecule is CC(C)Oc1ccc(C(=O)Nc2c3c(nn2CC(=O)NC[C@H]2CCCO2)CSC3)cc1. The van der Waals surface area contributed by atoms with E-state index in [0.29, 0.717) is 17.9 Å². The van der Waals surface area contributed by atoms with Crippen molar-refractivity contribution in [3.63, 3.8) is 0 Å². The second-order valence-electron chi connectivity index (χ2n) is 8.01. The summed E-state index contributed by atoms with van der Waals surface area (Å²) in [6, 6.07) is 7.03. The smallest absolute Gasteiger partial charge is 0.256 e. The standard InChI is InChI=1S/C22H28N4O4S/c1-14(2)30-16-7-5-15(6-8-16)22(28)24-21-18-12-31-13-19(18)25-26(21)11-20(27)23-10-17-4-3-9-29-17/h5-8,14,17H,3-4,9-13H2,1-2H3,(H,23,27)(H,24,28)/t17-/m1/s1. The van der Waals surface area contributed by atoms with Gasteiger partial charge in [0.05, 0.1) is 17.9 Å². The number of aromatic nitrogens is 2. The lowest BCUT2D eigenvalue weighted by Gasteiger charge is -2.13. The van der Waals surface area contributed by atoms with E-state index in [2.05, 4.69) is 15.7 Å². The minimum atomic E-state index is -0.239. The molecule has 8 nitrogen and oxygen atoms in total. The maximum atomic E-state index is 12.9. The molecule has 1 aromatic carbocycles. The molecule has 2 amide bonds. The van der Waals surface area contributed by atoms with E-state index in [0.717, 1.165) is 48.0 Å². The Morgan fingerprint density at radius 1 is 1.29 bits per heavy atom. The predicted octanol–water partition coefficient (Wildman–Crippen LogP) is 2.96. The fraction of sp³-hybridized carbons (Fsp3) is 0.500. The molecule has 0 aliphatic carbocycles. The Morgan fingerprint density at radius 3 is 2.81 bits per heavy atom. The Kier molecular flexibility index (Phi) is 6.82. The Balaban J connectivity index is 1.43. The van der Waals surface area contributed by atoms with Crippen molar-refractivity contribution < 1.29 is 19.1 Å². The molecule has 1 aromatic heterocycles. The number of benzene rings is 1. The highest BCUT2D eigenvalue weighted by atomic mass is 32.2. The Bertz CT molecular complexity index is 936. The summed E-state index contributed by atoms with van der Waals surface area (Å²) in [7, 11) is 0. The lowest BCUT2D eigenvalue weighted by molar-refractivity contribution is -0.122. The van der Waals surface area contributed by atoms with E-state index < -0.39 is 0 Å². The van der Waals surface area contributed by atoms with Crippen molar-refractivity contribution in [3.8, 4) is 5.75 Å². The molecule has 0 saturated carbocycles. The summed E-state index contributed by atoms with van der Waals surface area (Å²) in [5.74, 6) is 2.48. The summed E-state index contributed by atoms with van der Waals surface area (Å²) in [5, 5.41) is 10.5. The first kappa shape index (κ1) is 21.7. The number of carbonyl (C=O) groups excluding carboxylic acids is 2. The fourth-order valence-corrected chi connectivity index (χ4v) is 4.72. The molecule has 2 N–H and O–H groups in total. The van der Waals surface area contributed by atoms with Crippen LogP contribution >= 0.6 is 11.8 Å². The molecule has 1 fully saturated rings. The average molecular weight is 445 g/mol. The van der Waals surface area contributed by atoms with Crippen LogP contribution in [-0.4, -0.2) is 47.0 Å². The molecule has 1 atom stereocenters. The van der Waals surface area contributed by atoms with Crippen molar-refractivity contribution in [2.45, 2.75) is 56.9 Å². The van der Waals surface area contributed by atoms with Crippen LogP contribution in [0.4, 0.5) is 5.82 Å². The van der Waals surface area contributed by atoms with Gasteiger partial charge in [-0.3, -0.25) is 9.59 Å². The van der Waals surface area contributed by atoms with E-state index >= 15 is 0 Å². The summed E-state index contributed by atoms with van der Waals surface area (Å²) in [5.41, 5.74) is 2.43. The van der Waals surface area contributed by atoms with E-state index in [1.165, 1.54) is 0 Å². The van der Waals surface area contributed by atoms with Crippen molar-refractivity contribution in [2.75, 3.05) is 18.5 Å². The number of nitrogens with one attached hydrogen (secondary N) is 2. The molecule has 2 aliphatic heterocycles. The molecule has 2 aromatic rings. The molecule has 0 radical (unpaired) electrons. The van der Waals surface area contributed by atoms with Gasteiger partial charge in [-0.15, -0.1) is 0 Å². The molecule has 2 aliphatic rings. The zero-order valence-electron chi connectivity index (χ0n) is 17.8. The van der Waals surface area contributed by atoms with Gasteiger partial charge in [0.15, 0.2) is 0 Å². The third-order valence-corrected chi connectivity index (χ3v) is 6.15. The van der Waals surface area contributed by atoms with Gasteiger partial charge < -0.3 is 20.1 Å². The van der Waals surface area contributed by atoms with Crippen LogP contribution in [0.3, 0.4) is 0 Å². The lowest BCUT2D eigenvalue weighted by Crippen LogP contribution is -2.34. The van der Waals surface area contributed by atoms with Crippen LogP contribution in [0.25, 0.3) is 0 Å². The van der Waals surface area contributed by atoms with Gasteiger partial charge in [0.1, 0.15) is 18.1 Å². The van der Waals surface area contributed by atoms with E-state index in [-0.39, 0.29) is 30.6 Å². The summed E-state index contributed by atoms with van der Waals surface area (Å²) in [4.78, 5) is 25.3. The van der Waals surface area contributed by atoms with Crippen LogP contribution in [-0.2, 0) is 27.6 Å². The lowest BCUT2D eigenvalue weighted by atomic mass is 10.2. The van der Waals surface area contributed by atoms with Gasteiger partial charge in [0.2, 0.25) is 5.91 Å². The van der Waals surface area contributed by atoms with Crippen molar-refractivity contribution in [1.82, 2.24) is 15.1 Å². The number of carbonyl (C=O) groups is 2. The molecule has 166 valence electrons. The van der Waals surface area contributed by atoms with E-state index in [1.54, 1.807) is 40.7 Å². The number of rotatable bonds is 8. The maximum absolute atomic E-state index is 12.9. The number of hydrogen-bond acceptors (Lipinski definition) is 6. The zero-order valence-corrected chi connectivity index (χ0v) is 18.7. The van der Waals surface area contributed by atoms with Crippen molar-refractivity contribution >= 4 is 29.4 Å². The van der Waals surface area contributed by atoms with E-state index in [1.807, 2.05) is 13.8 Å². The molecule has 31 heavy (non-hydrogen) atoms. The van der Waals surface area contributed by atoms with Crippen molar-refractivity contribution in [2.24, 2.45) is 0 Å². The van der Waals surface area contributed by atoms with Gasteiger partial charge in [0, 0.05) is 35.8 Å². The number of fused-ring (bicyclic) bond motifs is 1. The molecular weight excluding hydrogens is 416 g/mol. The van der Waals surface area contributed by atoms with Crippen molar-refractivity contribution in [1.29, 1.82) is 0 Å². The predicted molar refractivity (Wildman–Crippen MR) is 119 cm³/mol. The number of anilines is 1. The third-order valence-electron chi connectivity index (χ3n) is 5.18. The molecule has 0 unspecified atom stereocenters. The maximum Gasteiger partial charge on any atom is 0.256 e. The first-order chi connectivity index (χ1) is 15.0. The van der Waals surface area contributed by atoms with Gasteiger partial charge in [-0.05, 0) is 51.0 Å². The van der Waals surface area contributed by atoms with Gasteiger partial charge in [0.25, 0.3) is 5.91 Å². The topological polar surface area (TPSA) is 94.5 Å². The number of hydrogen-bond donors (Lipinski definition) is 2. The van der Waals surface area contributed by atoms with Gasteiger partial charge in [-0.25, -0.2) is 4.68 Å². The van der Waals surface area contributed by atoms with E-state index in [4.69, 9.17) is 9.47 Å². The van der Waals surface area contributed by atoms with Crippen LogP contribution in [0, 0.1) is 0 Å². The fourth-order valence-electron chi connectivity index (χ4n) is 3.68. The highest BCUT2D eigenvalue weighted by Crippen LogP contribution is 2.35. The number of ether oxygens (including phenoxy) is 2. The van der Waals surface area contributed by atoms with E-state index in [9.17, 15) is 9.59 Å².